The van der Waals surface area contributed by atoms with Gasteiger partial charge >= 0.3 is 0 Å². The lowest BCUT2D eigenvalue weighted by molar-refractivity contribution is -0.117. The number of rotatable bonds is 4. The number of nitrogens with one attached hydrogen (secondary N) is 1. The number of anilines is 1. The average molecular weight is 283 g/mol. The highest BCUT2D eigenvalue weighted by Gasteiger charge is 2.12. The minimum Gasteiger partial charge on any atom is -0.324 e. The number of carbonyl (C=O) groups is 1. The van der Waals surface area contributed by atoms with Crippen molar-refractivity contribution < 1.29 is 4.79 Å². The van der Waals surface area contributed by atoms with Crippen LogP contribution in [0.5, 0.6) is 0 Å². The summed E-state index contributed by atoms with van der Waals surface area (Å²) in [6, 6.07) is 5.12. The molecule has 4 heteroatoms. The van der Waals surface area contributed by atoms with Crippen molar-refractivity contribution >= 4 is 27.5 Å². The molecule has 0 radical (unpaired) electrons. The predicted octanol–water partition coefficient (Wildman–Crippen LogP) is 2.60. The molecule has 1 aromatic rings. The molecule has 1 atom stereocenters. The molecule has 1 unspecified atom stereocenters. The van der Waals surface area contributed by atoms with Gasteiger partial charge in [0.2, 0.25) is 5.91 Å². The van der Waals surface area contributed by atoms with Gasteiger partial charge in [0, 0.05) is 10.2 Å². The van der Waals surface area contributed by atoms with Gasteiger partial charge in [-0.1, -0.05) is 22.0 Å². The molecule has 16 heavy (non-hydrogen) atoms. The van der Waals surface area contributed by atoms with Crippen molar-refractivity contribution in [2.45, 2.75) is 19.4 Å². The monoisotopic (exact) mass is 282 g/mol. The van der Waals surface area contributed by atoms with Crippen molar-refractivity contribution in [2.75, 3.05) is 5.32 Å². The first-order valence-corrected chi connectivity index (χ1v) is 5.77. The van der Waals surface area contributed by atoms with E-state index in [9.17, 15) is 4.79 Å². The molecule has 1 rings (SSSR count). The summed E-state index contributed by atoms with van der Waals surface area (Å²) in [5, 5.41) is 2.79. The Morgan fingerprint density at radius 3 is 2.94 bits per heavy atom. The second-order valence-electron chi connectivity index (χ2n) is 3.58. The molecule has 0 aromatic heterocycles. The Morgan fingerprint density at radius 1 is 1.69 bits per heavy atom. The van der Waals surface area contributed by atoms with Crippen LogP contribution in [-0.4, -0.2) is 11.9 Å². The van der Waals surface area contributed by atoms with E-state index in [0.717, 1.165) is 15.7 Å². The van der Waals surface area contributed by atoms with Crippen LogP contribution in [0.15, 0.2) is 35.3 Å². The van der Waals surface area contributed by atoms with E-state index in [2.05, 4.69) is 27.8 Å². The minimum atomic E-state index is -0.541. The molecule has 3 nitrogen and oxygen atoms in total. The maximum atomic E-state index is 11.6. The molecule has 0 fully saturated rings. The van der Waals surface area contributed by atoms with Crippen molar-refractivity contribution in [3.8, 4) is 0 Å². The average Bonchev–Trinajstić information content (AvgIpc) is 2.22. The lowest BCUT2D eigenvalue weighted by atomic mass is 10.1. The number of carbonyl (C=O) groups excluding carboxylic acids is 1. The first-order chi connectivity index (χ1) is 7.54. The van der Waals surface area contributed by atoms with Gasteiger partial charge in [-0.2, -0.15) is 0 Å². The van der Waals surface area contributed by atoms with Crippen LogP contribution in [0.4, 0.5) is 5.69 Å². The smallest absolute Gasteiger partial charge is 0.241 e. The fourth-order valence-electron chi connectivity index (χ4n) is 1.28. The Kier molecular flexibility index (Phi) is 4.71. The number of amides is 1. The van der Waals surface area contributed by atoms with Gasteiger partial charge < -0.3 is 11.1 Å². The molecule has 3 N–H and O–H groups in total. The van der Waals surface area contributed by atoms with E-state index >= 15 is 0 Å². The fraction of sp³-hybridized carbons (Fsp3) is 0.250. The number of nitrogens with two attached hydrogens (primary N) is 1. The van der Waals surface area contributed by atoms with E-state index in [1.165, 1.54) is 0 Å². The van der Waals surface area contributed by atoms with E-state index in [1.807, 2.05) is 25.1 Å². The van der Waals surface area contributed by atoms with Crippen molar-refractivity contribution in [1.82, 2.24) is 0 Å². The second kappa shape index (κ2) is 5.82. The predicted molar refractivity (Wildman–Crippen MR) is 70.3 cm³/mol. The normalized spacial score (nSPS) is 11.9. The SMILES string of the molecule is C=CCC(N)C(=O)Nc1ccc(Br)cc1C. The number of benzene rings is 1. The molecule has 1 aromatic carbocycles. The molecule has 0 heterocycles. The van der Waals surface area contributed by atoms with Crippen LogP contribution >= 0.6 is 15.9 Å². The number of halogens is 1. The fourth-order valence-corrected chi connectivity index (χ4v) is 1.75. The summed E-state index contributed by atoms with van der Waals surface area (Å²) in [6.45, 7) is 5.48. The topological polar surface area (TPSA) is 55.1 Å². The molecule has 1 amide bonds. The van der Waals surface area contributed by atoms with E-state index in [0.29, 0.717) is 6.42 Å². The van der Waals surface area contributed by atoms with Gasteiger partial charge in [0.15, 0.2) is 0 Å². The van der Waals surface area contributed by atoms with Gasteiger partial charge in [-0.15, -0.1) is 6.58 Å². The van der Waals surface area contributed by atoms with Crippen LogP contribution in [0, 0.1) is 6.92 Å². The number of aryl methyl sites for hydroxylation is 1. The maximum Gasteiger partial charge on any atom is 0.241 e. The summed E-state index contributed by atoms with van der Waals surface area (Å²) in [6.07, 6.45) is 2.11. The highest BCUT2D eigenvalue weighted by molar-refractivity contribution is 9.10. The van der Waals surface area contributed by atoms with Gasteiger partial charge in [0.25, 0.3) is 0 Å². The zero-order valence-corrected chi connectivity index (χ0v) is 10.8. The lowest BCUT2D eigenvalue weighted by Crippen LogP contribution is -2.35. The van der Waals surface area contributed by atoms with Gasteiger partial charge in [0.1, 0.15) is 0 Å². The van der Waals surface area contributed by atoms with Gasteiger partial charge in [0.05, 0.1) is 6.04 Å². The van der Waals surface area contributed by atoms with E-state index < -0.39 is 6.04 Å². The Labute approximate surface area is 104 Å². The molecule has 0 saturated heterocycles. The Morgan fingerprint density at radius 2 is 2.38 bits per heavy atom. The summed E-state index contributed by atoms with van der Waals surface area (Å²) in [5.74, 6) is -0.190. The summed E-state index contributed by atoms with van der Waals surface area (Å²) in [5.41, 5.74) is 7.44. The molecular formula is C12H15BrN2O. The molecule has 0 aliphatic rings. The Hall–Kier alpha value is -1.13. The van der Waals surface area contributed by atoms with Gasteiger partial charge in [-0.25, -0.2) is 0 Å². The molecule has 0 aliphatic heterocycles. The highest BCUT2D eigenvalue weighted by atomic mass is 79.9. The number of hydrogen-bond acceptors (Lipinski definition) is 2. The van der Waals surface area contributed by atoms with Crippen LogP contribution in [0.3, 0.4) is 0 Å². The Bertz CT molecular complexity index is 404. The van der Waals surface area contributed by atoms with Crippen LogP contribution in [0.2, 0.25) is 0 Å². The quantitative estimate of drug-likeness (QED) is 0.834. The van der Waals surface area contributed by atoms with E-state index in [-0.39, 0.29) is 5.91 Å². The van der Waals surface area contributed by atoms with Crippen LogP contribution in [0.1, 0.15) is 12.0 Å². The van der Waals surface area contributed by atoms with E-state index in [1.54, 1.807) is 6.08 Å². The van der Waals surface area contributed by atoms with Crippen molar-refractivity contribution in [3.05, 3.63) is 40.9 Å². The molecule has 0 bridgehead atoms. The Balaban J connectivity index is 2.73. The third-order valence-corrected chi connectivity index (χ3v) is 2.70. The first-order valence-electron chi connectivity index (χ1n) is 4.98. The minimum absolute atomic E-state index is 0.190. The van der Waals surface area contributed by atoms with Crippen molar-refractivity contribution in [2.24, 2.45) is 5.73 Å². The van der Waals surface area contributed by atoms with Crippen LogP contribution in [-0.2, 0) is 4.79 Å². The number of hydrogen-bond donors (Lipinski definition) is 2. The zero-order valence-electron chi connectivity index (χ0n) is 9.16. The standard InChI is InChI=1S/C12H15BrN2O/c1-3-4-10(14)12(16)15-11-6-5-9(13)7-8(11)2/h3,5-7,10H,1,4,14H2,2H3,(H,15,16). The summed E-state index contributed by atoms with van der Waals surface area (Å²) in [4.78, 5) is 11.6. The molecule has 0 aliphatic carbocycles. The zero-order chi connectivity index (χ0) is 12.1. The maximum absolute atomic E-state index is 11.6. The first kappa shape index (κ1) is 12.9. The molecular weight excluding hydrogens is 268 g/mol. The van der Waals surface area contributed by atoms with Crippen LogP contribution < -0.4 is 11.1 Å². The van der Waals surface area contributed by atoms with Crippen molar-refractivity contribution in [1.29, 1.82) is 0 Å². The largest absolute Gasteiger partial charge is 0.324 e. The van der Waals surface area contributed by atoms with Crippen molar-refractivity contribution in [3.63, 3.8) is 0 Å². The third-order valence-electron chi connectivity index (χ3n) is 2.20. The molecule has 86 valence electrons. The lowest BCUT2D eigenvalue weighted by Gasteiger charge is -2.12. The van der Waals surface area contributed by atoms with Gasteiger partial charge in [-0.3, -0.25) is 4.79 Å². The summed E-state index contributed by atoms with van der Waals surface area (Å²) >= 11 is 3.37. The summed E-state index contributed by atoms with van der Waals surface area (Å²) < 4.78 is 0.985. The summed E-state index contributed by atoms with van der Waals surface area (Å²) in [7, 11) is 0. The molecule has 0 saturated carbocycles. The van der Waals surface area contributed by atoms with Crippen LogP contribution in [0.25, 0.3) is 0 Å². The third kappa shape index (κ3) is 3.47. The van der Waals surface area contributed by atoms with E-state index in [4.69, 9.17) is 5.73 Å². The second-order valence-corrected chi connectivity index (χ2v) is 4.50. The van der Waals surface area contributed by atoms with Gasteiger partial charge in [-0.05, 0) is 37.1 Å². The molecule has 0 spiro atoms. The highest BCUT2D eigenvalue weighted by Crippen LogP contribution is 2.20.